The number of nitrogens with zero attached hydrogens (tertiary/aromatic N) is 1. The Labute approximate surface area is 111 Å². The van der Waals surface area contributed by atoms with Gasteiger partial charge in [0.05, 0.1) is 0 Å². The summed E-state index contributed by atoms with van der Waals surface area (Å²) in [7, 11) is 1.44. The molecule has 0 aromatic heterocycles. The molecule has 1 aromatic rings. The van der Waals surface area contributed by atoms with Gasteiger partial charge in [-0.2, -0.15) is 0 Å². The number of aliphatic carboxylic acids is 1. The second-order valence-electron chi connectivity index (χ2n) is 4.65. The highest BCUT2D eigenvalue weighted by molar-refractivity contribution is 5.83. The first-order valence-electron chi connectivity index (χ1n) is 6.07. The Morgan fingerprint density at radius 2 is 1.89 bits per heavy atom. The molecular formula is C14H18FNO3. The average molecular weight is 267 g/mol. The molecule has 19 heavy (non-hydrogen) atoms. The first kappa shape index (κ1) is 15.1. The van der Waals surface area contributed by atoms with Crippen molar-refractivity contribution in [3.05, 3.63) is 35.6 Å². The molecule has 5 heteroatoms. The number of amides is 1. The minimum atomic E-state index is -1.06. The van der Waals surface area contributed by atoms with Crippen molar-refractivity contribution >= 4 is 11.9 Å². The van der Waals surface area contributed by atoms with E-state index in [1.54, 1.807) is 25.1 Å². The van der Waals surface area contributed by atoms with Crippen LogP contribution < -0.4 is 0 Å². The maximum Gasteiger partial charge on any atom is 0.326 e. The van der Waals surface area contributed by atoms with Crippen LogP contribution in [0.4, 0.5) is 4.39 Å². The molecule has 4 nitrogen and oxygen atoms in total. The van der Waals surface area contributed by atoms with Crippen molar-refractivity contribution in [2.45, 2.75) is 32.2 Å². The SMILES string of the molecule is CC(CC(=O)N(C)C(C)C(=O)O)c1ccccc1F. The molecule has 0 saturated heterocycles. The van der Waals surface area contributed by atoms with Gasteiger partial charge in [-0.15, -0.1) is 0 Å². The van der Waals surface area contributed by atoms with E-state index in [4.69, 9.17) is 5.11 Å². The number of hydrogen-bond donors (Lipinski definition) is 1. The molecular weight excluding hydrogens is 249 g/mol. The molecule has 0 bridgehead atoms. The Balaban J connectivity index is 2.72. The Kier molecular flexibility index (Phi) is 5.03. The van der Waals surface area contributed by atoms with E-state index >= 15 is 0 Å². The van der Waals surface area contributed by atoms with Crippen LogP contribution in [0.2, 0.25) is 0 Å². The van der Waals surface area contributed by atoms with Gasteiger partial charge in [-0.3, -0.25) is 4.79 Å². The fourth-order valence-electron chi connectivity index (χ4n) is 1.77. The van der Waals surface area contributed by atoms with Gasteiger partial charge in [0.1, 0.15) is 11.9 Å². The van der Waals surface area contributed by atoms with E-state index in [2.05, 4.69) is 0 Å². The average Bonchev–Trinajstić information content (AvgIpc) is 2.37. The van der Waals surface area contributed by atoms with Crippen molar-refractivity contribution in [3.8, 4) is 0 Å². The third-order valence-electron chi connectivity index (χ3n) is 3.25. The molecule has 104 valence electrons. The Bertz CT molecular complexity index is 476. The van der Waals surface area contributed by atoms with E-state index < -0.39 is 12.0 Å². The molecule has 2 unspecified atom stereocenters. The molecule has 1 amide bonds. The monoisotopic (exact) mass is 267 g/mol. The Morgan fingerprint density at radius 3 is 2.42 bits per heavy atom. The first-order valence-corrected chi connectivity index (χ1v) is 6.07. The van der Waals surface area contributed by atoms with Crippen LogP contribution in [-0.2, 0) is 9.59 Å². The zero-order valence-corrected chi connectivity index (χ0v) is 11.3. The Hall–Kier alpha value is -1.91. The normalized spacial score (nSPS) is 13.7. The summed E-state index contributed by atoms with van der Waals surface area (Å²) in [5.74, 6) is -2.02. The molecule has 0 aliphatic carbocycles. The van der Waals surface area contributed by atoms with Gasteiger partial charge >= 0.3 is 5.97 Å². The van der Waals surface area contributed by atoms with E-state index in [-0.39, 0.29) is 24.1 Å². The van der Waals surface area contributed by atoms with Crippen LogP contribution in [0, 0.1) is 5.82 Å². The van der Waals surface area contributed by atoms with E-state index in [1.807, 2.05) is 0 Å². The lowest BCUT2D eigenvalue weighted by Gasteiger charge is -2.23. The summed E-state index contributed by atoms with van der Waals surface area (Å²) in [5, 5.41) is 8.84. The van der Waals surface area contributed by atoms with Crippen molar-refractivity contribution in [2.75, 3.05) is 7.05 Å². The number of likely N-dealkylation sites (N-methyl/N-ethyl adjacent to an activating group) is 1. The highest BCUT2D eigenvalue weighted by atomic mass is 19.1. The summed E-state index contributed by atoms with van der Waals surface area (Å²) in [4.78, 5) is 23.9. The van der Waals surface area contributed by atoms with Crippen LogP contribution >= 0.6 is 0 Å². The summed E-state index contributed by atoms with van der Waals surface area (Å²) in [6, 6.07) is 5.39. The number of rotatable bonds is 5. The number of carboxylic acid groups (broad SMARTS) is 1. The molecule has 0 heterocycles. The predicted molar refractivity (Wildman–Crippen MR) is 69.3 cm³/mol. The summed E-state index contributed by atoms with van der Waals surface area (Å²) in [6.45, 7) is 3.18. The van der Waals surface area contributed by atoms with E-state index in [0.29, 0.717) is 5.56 Å². The third-order valence-corrected chi connectivity index (χ3v) is 3.25. The molecule has 0 aliphatic heterocycles. The van der Waals surface area contributed by atoms with Gasteiger partial charge in [-0.05, 0) is 24.5 Å². The lowest BCUT2D eigenvalue weighted by atomic mass is 9.96. The number of halogens is 1. The minimum Gasteiger partial charge on any atom is -0.480 e. The fraction of sp³-hybridized carbons (Fsp3) is 0.429. The van der Waals surface area contributed by atoms with Gasteiger partial charge in [-0.25, -0.2) is 9.18 Å². The Morgan fingerprint density at radius 1 is 1.32 bits per heavy atom. The quantitative estimate of drug-likeness (QED) is 0.890. The maximum absolute atomic E-state index is 13.6. The van der Waals surface area contributed by atoms with Gasteiger partial charge in [-0.1, -0.05) is 25.1 Å². The third kappa shape index (κ3) is 3.77. The summed E-state index contributed by atoms with van der Waals surface area (Å²) in [5.41, 5.74) is 0.465. The van der Waals surface area contributed by atoms with Crippen LogP contribution in [0.15, 0.2) is 24.3 Å². The lowest BCUT2D eigenvalue weighted by molar-refractivity contribution is -0.148. The molecule has 0 spiro atoms. The van der Waals surface area contributed by atoms with Gasteiger partial charge in [0.25, 0.3) is 0 Å². The second-order valence-corrected chi connectivity index (χ2v) is 4.65. The van der Waals surface area contributed by atoms with Crippen molar-refractivity contribution in [1.82, 2.24) is 4.90 Å². The van der Waals surface area contributed by atoms with E-state index in [0.717, 1.165) is 0 Å². The summed E-state index contributed by atoms with van der Waals surface area (Å²) in [6.07, 6.45) is 0.0784. The molecule has 0 fully saturated rings. The number of carbonyl (C=O) groups excluding carboxylic acids is 1. The highest BCUT2D eigenvalue weighted by Gasteiger charge is 2.24. The van der Waals surface area contributed by atoms with Crippen molar-refractivity contribution in [3.63, 3.8) is 0 Å². The summed E-state index contributed by atoms with van der Waals surface area (Å²) >= 11 is 0. The van der Waals surface area contributed by atoms with Crippen LogP contribution in [-0.4, -0.2) is 35.0 Å². The predicted octanol–water partition coefficient (Wildman–Crippen LogP) is 2.25. The van der Waals surface area contributed by atoms with Crippen molar-refractivity contribution < 1.29 is 19.1 Å². The van der Waals surface area contributed by atoms with Gasteiger partial charge < -0.3 is 10.0 Å². The van der Waals surface area contributed by atoms with Crippen LogP contribution in [0.3, 0.4) is 0 Å². The summed E-state index contributed by atoms with van der Waals surface area (Å²) < 4.78 is 13.6. The first-order chi connectivity index (χ1) is 8.84. The van der Waals surface area contributed by atoms with E-state index in [9.17, 15) is 14.0 Å². The zero-order chi connectivity index (χ0) is 14.6. The molecule has 0 saturated carbocycles. The maximum atomic E-state index is 13.6. The lowest BCUT2D eigenvalue weighted by Crippen LogP contribution is -2.40. The largest absolute Gasteiger partial charge is 0.480 e. The molecule has 0 aliphatic rings. The minimum absolute atomic E-state index is 0.0784. The molecule has 1 rings (SSSR count). The fourth-order valence-corrected chi connectivity index (χ4v) is 1.77. The van der Waals surface area contributed by atoms with Crippen LogP contribution in [0.1, 0.15) is 31.7 Å². The molecule has 1 aromatic carbocycles. The van der Waals surface area contributed by atoms with Gasteiger partial charge in [0.2, 0.25) is 5.91 Å². The number of hydrogen-bond acceptors (Lipinski definition) is 2. The smallest absolute Gasteiger partial charge is 0.326 e. The molecule has 0 radical (unpaired) electrons. The van der Waals surface area contributed by atoms with Crippen LogP contribution in [0.25, 0.3) is 0 Å². The zero-order valence-electron chi connectivity index (χ0n) is 11.3. The number of carboxylic acids is 1. The van der Waals surface area contributed by atoms with Gasteiger partial charge in [0.15, 0.2) is 0 Å². The number of benzene rings is 1. The van der Waals surface area contributed by atoms with Crippen molar-refractivity contribution in [1.29, 1.82) is 0 Å². The van der Waals surface area contributed by atoms with E-state index in [1.165, 1.54) is 24.9 Å². The molecule has 2 atom stereocenters. The van der Waals surface area contributed by atoms with Crippen molar-refractivity contribution in [2.24, 2.45) is 0 Å². The number of carbonyl (C=O) groups is 2. The second kappa shape index (κ2) is 6.31. The highest BCUT2D eigenvalue weighted by Crippen LogP contribution is 2.22. The van der Waals surface area contributed by atoms with Gasteiger partial charge in [0, 0.05) is 13.5 Å². The topological polar surface area (TPSA) is 57.6 Å². The molecule has 1 N–H and O–H groups in total. The standard InChI is InChI=1S/C14H18FNO3/c1-9(11-6-4-5-7-12(11)15)8-13(17)16(3)10(2)14(18)19/h4-7,9-10H,8H2,1-3H3,(H,18,19). The van der Waals surface area contributed by atoms with Crippen LogP contribution in [0.5, 0.6) is 0 Å².